The standard InChI is InChI=1S/C35H37N5O2/c1-3-26-11-13-27(14-12-26)34-37-31-9-6-10-32(33(31)38-34)40-21-19-39(20-22-40)23-24-42-29-17-15-28(16-18-29)36-35(41)30-8-5-4-7-25(30)2/h4-18H,3,19-24H2,1-2H3,(H,36,41)(H,37,38). The third-order valence-corrected chi connectivity index (χ3v) is 8.02. The van der Waals surface area contributed by atoms with Gasteiger partial charge in [-0.25, -0.2) is 4.98 Å². The molecule has 214 valence electrons. The molecule has 1 aliphatic rings. The van der Waals surface area contributed by atoms with Gasteiger partial charge in [0, 0.05) is 49.5 Å². The molecule has 4 aromatic carbocycles. The van der Waals surface area contributed by atoms with Crippen LogP contribution in [0.4, 0.5) is 11.4 Å². The highest BCUT2D eigenvalue weighted by atomic mass is 16.5. The molecule has 42 heavy (non-hydrogen) atoms. The van der Waals surface area contributed by atoms with Gasteiger partial charge in [0.1, 0.15) is 23.7 Å². The monoisotopic (exact) mass is 559 g/mol. The number of amides is 1. The number of fused-ring (bicyclic) bond motifs is 1. The normalized spacial score (nSPS) is 13.8. The van der Waals surface area contributed by atoms with E-state index in [9.17, 15) is 4.79 Å². The Morgan fingerprint density at radius 1 is 0.905 bits per heavy atom. The number of rotatable bonds is 9. The number of imidazole rings is 1. The summed E-state index contributed by atoms with van der Waals surface area (Å²) in [5, 5.41) is 2.96. The van der Waals surface area contributed by atoms with Crippen LogP contribution < -0.4 is 15.0 Å². The zero-order chi connectivity index (χ0) is 28.9. The van der Waals surface area contributed by atoms with E-state index in [1.54, 1.807) is 0 Å². The lowest BCUT2D eigenvalue weighted by molar-refractivity contribution is 0.102. The number of nitrogens with one attached hydrogen (secondary N) is 2. The second-order valence-electron chi connectivity index (χ2n) is 10.8. The Morgan fingerprint density at radius 3 is 2.40 bits per heavy atom. The number of para-hydroxylation sites is 1. The molecule has 7 heteroatoms. The van der Waals surface area contributed by atoms with Crippen molar-refractivity contribution in [3.05, 3.63) is 108 Å². The number of carbonyl (C=O) groups excluding carboxylic acids is 1. The third-order valence-electron chi connectivity index (χ3n) is 8.02. The van der Waals surface area contributed by atoms with Gasteiger partial charge in [-0.2, -0.15) is 0 Å². The Balaban J connectivity index is 0.993. The van der Waals surface area contributed by atoms with Crippen LogP contribution in [0, 0.1) is 6.92 Å². The molecule has 0 saturated carbocycles. The highest BCUT2D eigenvalue weighted by molar-refractivity contribution is 6.05. The van der Waals surface area contributed by atoms with Crippen molar-refractivity contribution in [1.82, 2.24) is 14.9 Å². The Labute approximate surface area is 247 Å². The molecule has 0 radical (unpaired) electrons. The van der Waals surface area contributed by atoms with Crippen LogP contribution >= 0.6 is 0 Å². The number of benzene rings is 4. The van der Waals surface area contributed by atoms with E-state index >= 15 is 0 Å². The molecule has 7 nitrogen and oxygen atoms in total. The van der Waals surface area contributed by atoms with Gasteiger partial charge in [-0.1, -0.05) is 55.5 Å². The summed E-state index contributed by atoms with van der Waals surface area (Å²) in [6.07, 6.45) is 1.03. The zero-order valence-corrected chi connectivity index (χ0v) is 24.3. The van der Waals surface area contributed by atoms with Gasteiger partial charge in [-0.3, -0.25) is 9.69 Å². The Hall–Kier alpha value is -4.62. The summed E-state index contributed by atoms with van der Waals surface area (Å²) in [5.74, 6) is 1.61. The number of aromatic nitrogens is 2. The first-order chi connectivity index (χ1) is 20.6. The number of H-pyrrole nitrogens is 1. The number of aromatic amines is 1. The van der Waals surface area contributed by atoms with Crippen LogP contribution in [0.1, 0.15) is 28.4 Å². The molecule has 0 spiro atoms. The van der Waals surface area contributed by atoms with E-state index in [1.165, 1.54) is 11.3 Å². The van der Waals surface area contributed by atoms with Gasteiger partial charge in [0.15, 0.2) is 0 Å². The largest absolute Gasteiger partial charge is 0.492 e. The van der Waals surface area contributed by atoms with Gasteiger partial charge in [0.2, 0.25) is 0 Å². The van der Waals surface area contributed by atoms with Gasteiger partial charge in [-0.05, 0) is 66.9 Å². The fraction of sp³-hybridized carbons (Fsp3) is 0.257. The van der Waals surface area contributed by atoms with Crippen molar-refractivity contribution in [2.24, 2.45) is 0 Å². The number of nitrogens with zero attached hydrogens (tertiary/aromatic N) is 3. The lowest BCUT2D eigenvalue weighted by Gasteiger charge is -2.36. The van der Waals surface area contributed by atoms with E-state index < -0.39 is 0 Å². The van der Waals surface area contributed by atoms with Crippen molar-refractivity contribution >= 4 is 28.3 Å². The summed E-state index contributed by atoms with van der Waals surface area (Å²) in [7, 11) is 0. The molecule has 6 rings (SSSR count). The predicted octanol–water partition coefficient (Wildman–Crippen LogP) is 6.55. The van der Waals surface area contributed by atoms with Crippen molar-refractivity contribution in [2.75, 3.05) is 49.5 Å². The number of hydrogen-bond donors (Lipinski definition) is 2. The van der Waals surface area contributed by atoms with Gasteiger partial charge < -0.3 is 19.9 Å². The fourth-order valence-corrected chi connectivity index (χ4v) is 5.47. The summed E-state index contributed by atoms with van der Waals surface area (Å²) >= 11 is 0. The maximum absolute atomic E-state index is 12.6. The first kappa shape index (κ1) is 27.5. The van der Waals surface area contributed by atoms with Crippen LogP contribution in [0.3, 0.4) is 0 Å². The van der Waals surface area contributed by atoms with Crippen LogP contribution in [0.15, 0.2) is 91.0 Å². The van der Waals surface area contributed by atoms with Crippen molar-refractivity contribution in [2.45, 2.75) is 20.3 Å². The molecular weight excluding hydrogens is 522 g/mol. The van der Waals surface area contributed by atoms with E-state index in [0.29, 0.717) is 12.2 Å². The molecule has 1 aliphatic heterocycles. The first-order valence-corrected chi connectivity index (χ1v) is 14.7. The minimum atomic E-state index is -0.105. The summed E-state index contributed by atoms with van der Waals surface area (Å²) < 4.78 is 6.02. The van der Waals surface area contributed by atoms with Crippen LogP contribution in [-0.2, 0) is 6.42 Å². The van der Waals surface area contributed by atoms with E-state index in [2.05, 4.69) is 69.5 Å². The molecule has 0 atom stereocenters. The van der Waals surface area contributed by atoms with E-state index in [1.807, 2.05) is 55.5 Å². The average molecular weight is 560 g/mol. The minimum Gasteiger partial charge on any atom is -0.492 e. The number of aryl methyl sites for hydroxylation is 2. The Kier molecular flexibility index (Phi) is 8.19. The molecule has 0 bridgehead atoms. The Morgan fingerprint density at radius 2 is 1.67 bits per heavy atom. The van der Waals surface area contributed by atoms with Crippen LogP contribution in [0.2, 0.25) is 0 Å². The van der Waals surface area contributed by atoms with Gasteiger partial charge in [-0.15, -0.1) is 0 Å². The summed E-state index contributed by atoms with van der Waals surface area (Å²) in [6.45, 7) is 9.43. The zero-order valence-electron chi connectivity index (χ0n) is 24.3. The smallest absolute Gasteiger partial charge is 0.255 e. The SMILES string of the molecule is CCc1ccc(-c2nc3c(N4CCN(CCOc5ccc(NC(=O)c6ccccc6C)cc5)CC4)cccc3[nH]2)cc1. The van der Waals surface area contributed by atoms with Crippen molar-refractivity contribution < 1.29 is 9.53 Å². The lowest BCUT2D eigenvalue weighted by Crippen LogP contribution is -2.47. The van der Waals surface area contributed by atoms with Crippen LogP contribution in [0.25, 0.3) is 22.4 Å². The number of hydrogen-bond acceptors (Lipinski definition) is 5. The summed E-state index contributed by atoms with van der Waals surface area (Å²) in [6, 6.07) is 30.2. The van der Waals surface area contributed by atoms with Gasteiger partial charge in [0.25, 0.3) is 5.91 Å². The fourth-order valence-electron chi connectivity index (χ4n) is 5.47. The third kappa shape index (κ3) is 6.16. The molecule has 1 aromatic heterocycles. The second kappa shape index (κ2) is 12.5. The summed E-state index contributed by atoms with van der Waals surface area (Å²) in [4.78, 5) is 26.0. The Bertz CT molecular complexity index is 1650. The second-order valence-corrected chi connectivity index (χ2v) is 10.8. The number of piperazine rings is 1. The van der Waals surface area contributed by atoms with Gasteiger partial charge >= 0.3 is 0 Å². The number of carbonyl (C=O) groups is 1. The highest BCUT2D eigenvalue weighted by Gasteiger charge is 2.20. The highest BCUT2D eigenvalue weighted by Crippen LogP contribution is 2.29. The van der Waals surface area contributed by atoms with Crippen molar-refractivity contribution in [3.8, 4) is 17.1 Å². The van der Waals surface area contributed by atoms with Crippen LogP contribution in [-0.4, -0.2) is 60.1 Å². The molecule has 2 N–H and O–H groups in total. The maximum atomic E-state index is 12.6. The first-order valence-electron chi connectivity index (χ1n) is 14.7. The van der Waals surface area contributed by atoms with Crippen molar-refractivity contribution in [3.63, 3.8) is 0 Å². The number of ether oxygens (including phenoxy) is 1. The average Bonchev–Trinajstić information content (AvgIpc) is 3.47. The number of anilines is 2. The quantitative estimate of drug-likeness (QED) is 0.214. The molecule has 2 heterocycles. The molecule has 1 saturated heterocycles. The molecule has 1 fully saturated rings. The molecule has 0 unspecified atom stereocenters. The van der Waals surface area contributed by atoms with Crippen molar-refractivity contribution in [1.29, 1.82) is 0 Å². The lowest BCUT2D eigenvalue weighted by atomic mass is 10.1. The van der Waals surface area contributed by atoms with E-state index in [4.69, 9.17) is 9.72 Å². The van der Waals surface area contributed by atoms with E-state index in [0.717, 1.165) is 78.6 Å². The van der Waals surface area contributed by atoms with Gasteiger partial charge in [0.05, 0.1) is 11.2 Å². The minimum absolute atomic E-state index is 0.105. The topological polar surface area (TPSA) is 73.5 Å². The molecule has 0 aliphatic carbocycles. The molecule has 1 amide bonds. The predicted molar refractivity (Wildman–Crippen MR) is 171 cm³/mol. The maximum Gasteiger partial charge on any atom is 0.255 e. The summed E-state index contributed by atoms with van der Waals surface area (Å²) in [5.41, 5.74) is 8.11. The molecule has 5 aromatic rings. The van der Waals surface area contributed by atoms with Crippen LogP contribution in [0.5, 0.6) is 5.75 Å². The molecular formula is C35H37N5O2. The van der Waals surface area contributed by atoms with E-state index in [-0.39, 0.29) is 5.91 Å².